The lowest BCUT2D eigenvalue weighted by molar-refractivity contribution is -0.115. The van der Waals surface area contributed by atoms with E-state index in [4.69, 9.17) is 28.2 Å². The average Bonchev–Trinajstić information content (AvgIpc) is 3.14. The van der Waals surface area contributed by atoms with Crippen molar-refractivity contribution in [3.63, 3.8) is 0 Å². The van der Waals surface area contributed by atoms with Crippen LogP contribution in [0.2, 0.25) is 5.02 Å². The van der Waals surface area contributed by atoms with Crippen molar-refractivity contribution in [3.05, 3.63) is 80.1 Å². The first-order valence-electron chi connectivity index (χ1n) is 8.74. The van der Waals surface area contributed by atoms with E-state index in [1.165, 1.54) is 9.65 Å². The van der Waals surface area contributed by atoms with Gasteiger partial charge in [0.1, 0.15) is 11.5 Å². The van der Waals surface area contributed by atoms with Gasteiger partial charge in [0.15, 0.2) is 5.11 Å². The molecule has 0 atom stereocenters. The maximum Gasteiger partial charge on any atom is 0.250 e. The van der Waals surface area contributed by atoms with E-state index in [0.29, 0.717) is 16.5 Å². The molecule has 1 amide bonds. The summed E-state index contributed by atoms with van der Waals surface area (Å²) in [6.07, 6.45) is 2.97. The third-order valence-electron chi connectivity index (χ3n) is 4.09. The van der Waals surface area contributed by atoms with Crippen molar-refractivity contribution in [2.45, 2.75) is 13.8 Å². The van der Waals surface area contributed by atoms with E-state index in [-0.39, 0.29) is 11.0 Å². The molecule has 148 valence electrons. The predicted octanol–water partition coefficient (Wildman–Crippen LogP) is 6.35. The van der Waals surface area contributed by atoms with Gasteiger partial charge >= 0.3 is 0 Å². The number of carbonyl (C=O) groups is 1. The highest BCUT2D eigenvalue weighted by Crippen LogP contribution is 2.24. The minimum absolute atomic E-state index is 0.237. The first kappa shape index (κ1) is 21.5. The zero-order valence-electron chi connectivity index (χ0n) is 15.8. The van der Waals surface area contributed by atoms with Gasteiger partial charge in [-0.2, -0.15) is 0 Å². The summed E-state index contributed by atoms with van der Waals surface area (Å²) in [5.74, 6) is 0.919. The highest BCUT2D eigenvalue weighted by molar-refractivity contribution is 14.1. The van der Waals surface area contributed by atoms with Crippen LogP contribution in [0.4, 0.5) is 5.69 Å². The summed E-state index contributed by atoms with van der Waals surface area (Å²) in [5, 5.41) is 6.57. The number of rotatable bonds is 4. The molecule has 0 saturated heterocycles. The number of furan rings is 1. The van der Waals surface area contributed by atoms with Gasteiger partial charge in [-0.3, -0.25) is 10.1 Å². The number of thiocarbonyl (C=S) groups is 1. The molecule has 3 aromatic rings. The topological polar surface area (TPSA) is 54.3 Å². The summed E-state index contributed by atoms with van der Waals surface area (Å²) in [7, 11) is 0. The van der Waals surface area contributed by atoms with Crippen LogP contribution in [-0.2, 0) is 4.79 Å². The van der Waals surface area contributed by atoms with Crippen LogP contribution in [0, 0.1) is 17.4 Å². The maximum atomic E-state index is 12.1. The molecule has 7 heteroatoms. The summed E-state index contributed by atoms with van der Waals surface area (Å²) in [4.78, 5) is 12.1. The smallest absolute Gasteiger partial charge is 0.250 e. The summed E-state index contributed by atoms with van der Waals surface area (Å²) in [6.45, 7) is 4.07. The molecule has 0 spiro atoms. The first-order valence-corrected chi connectivity index (χ1v) is 10.6. The van der Waals surface area contributed by atoms with Crippen LogP contribution in [-0.4, -0.2) is 11.0 Å². The Morgan fingerprint density at radius 2 is 1.76 bits per heavy atom. The van der Waals surface area contributed by atoms with E-state index in [1.807, 2.05) is 44.2 Å². The Morgan fingerprint density at radius 1 is 1.10 bits per heavy atom. The van der Waals surface area contributed by atoms with Crippen LogP contribution >= 0.6 is 46.4 Å². The number of hydrogen-bond donors (Lipinski definition) is 2. The molecule has 0 fully saturated rings. The molecule has 0 saturated carbocycles. The third-order valence-corrected chi connectivity index (χ3v) is 6.24. The predicted molar refractivity (Wildman–Crippen MR) is 131 cm³/mol. The van der Waals surface area contributed by atoms with Crippen molar-refractivity contribution in [2.75, 3.05) is 5.32 Å². The van der Waals surface area contributed by atoms with E-state index >= 15 is 0 Å². The highest BCUT2D eigenvalue weighted by atomic mass is 127. The lowest BCUT2D eigenvalue weighted by atomic mass is 10.1. The van der Waals surface area contributed by atoms with Gasteiger partial charge in [0.25, 0.3) is 0 Å². The molecule has 0 aliphatic carbocycles. The van der Waals surface area contributed by atoms with Crippen molar-refractivity contribution in [1.82, 2.24) is 5.32 Å². The second-order valence-corrected chi connectivity index (χ2v) is 8.33. The number of carbonyl (C=O) groups excluding carboxylic acids is 1. The lowest BCUT2D eigenvalue weighted by Crippen LogP contribution is -2.32. The normalized spacial score (nSPS) is 10.9. The Bertz CT molecular complexity index is 1070. The number of hydrogen-bond acceptors (Lipinski definition) is 3. The van der Waals surface area contributed by atoms with Crippen molar-refractivity contribution in [3.8, 4) is 11.3 Å². The molecule has 4 nitrogen and oxygen atoms in total. The van der Waals surface area contributed by atoms with Gasteiger partial charge in [0.05, 0.1) is 0 Å². The van der Waals surface area contributed by atoms with Crippen molar-refractivity contribution in [1.29, 1.82) is 0 Å². The molecular weight excluding hydrogens is 519 g/mol. The number of nitrogens with one attached hydrogen (secondary N) is 2. The largest absolute Gasteiger partial charge is 0.457 e. The average molecular weight is 537 g/mol. The highest BCUT2D eigenvalue weighted by Gasteiger charge is 2.07. The van der Waals surface area contributed by atoms with Gasteiger partial charge < -0.3 is 9.73 Å². The molecule has 1 heterocycles. The first-order chi connectivity index (χ1) is 13.8. The van der Waals surface area contributed by atoms with Gasteiger partial charge in [-0.1, -0.05) is 11.6 Å². The Labute approximate surface area is 193 Å². The zero-order valence-corrected chi connectivity index (χ0v) is 19.5. The van der Waals surface area contributed by atoms with Gasteiger partial charge in [-0.05, 0) is 114 Å². The zero-order chi connectivity index (χ0) is 21.0. The van der Waals surface area contributed by atoms with Crippen molar-refractivity contribution in [2.24, 2.45) is 0 Å². The maximum absolute atomic E-state index is 12.1. The Kier molecular flexibility index (Phi) is 7.10. The van der Waals surface area contributed by atoms with Crippen LogP contribution in [0.3, 0.4) is 0 Å². The molecular formula is C22H18ClIN2O2S. The summed E-state index contributed by atoms with van der Waals surface area (Å²) < 4.78 is 6.95. The van der Waals surface area contributed by atoms with Crippen molar-refractivity contribution < 1.29 is 9.21 Å². The van der Waals surface area contributed by atoms with Gasteiger partial charge in [-0.25, -0.2) is 0 Å². The summed E-state index contributed by atoms with van der Waals surface area (Å²) in [5.41, 5.74) is 4.05. The number of amides is 1. The molecule has 3 rings (SSSR count). The quantitative estimate of drug-likeness (QED) is 0.232. The number of anilines is 1. The van der Waals surface area contributed by atoms with Crippen LogP contribution in [0.1, 0.15) is 16.9 Å². The summed E-state index contributed by atoms with van der Waals surface area (Å²) >= 11 is 13.4. The molecule has 0 bridgehead atoms. The van der Waals surface area contributed by atoms with Crippen LogP contribution in [0.25, 0.3) is 17.4 Å². The fourth-order valence-electron chi connectivity index (χ4n) is 2.70. The molecule has 29 heavy (non-hydrogen) atoms. The molecule has 0 radical (unpaired) electrons. The molecule has 2 aromatic carbocycles. The van der Waals surface area contributed by atoms with E-state index in [0.717, 1.165) is 22.4 Å². The number of halogens is 2. The van der Waals surface area contributed by atoms with E-state index in [1.54, 1.807) is 24.3 Å². The fourth-order valence-corrected chi connectivity index (χ4v) is 3.36. The molecule has 0 aliphatic heterocycles. The van der Waals surface area contributed by atoms with E-state index < -0.39 is 0 Å². The van der Waals surface area contributed by atoms with Gasteiger partial charge in [-0.15, -0.1) is 0 Å². The fraction of sp³-hybridized carbons (Fsp3) is 0.0909. The van der Waals surface area contributed by atoms with Crippen LogP contribution in [0.15, 0.2) is 59.0 Å². The minimum Gasteiger partial charge on any atom is -0.457 e. The van der Waals surface area contributed by atoms with Gasteiger partial charge in [0.2, 0.25) is 5.91 Å². The molecule has 2 N–H and O–H groups in total. The standard InChI is InChI=1S/C22H18ClIN2O2S/c1-13-11-17(12-14(2)21(13)24)25-22(29)26-20(27)10-8-18-7-9-19(28-18)15-3-5-16(23)6-4-15/h3-12H,1-2H3,(H2,25,26,27,29)/b10-8+. The third kappa shape index (κ3) is 5.91. The second-order valence-electron chi connectivity index (χ2n) is 6.41. The SMILES string of the molecule is Cc1cc(NC(=S)NC(=O)/C=C/c2ccc(-c3ccc(Cl)cc3)o2)cc(C)c1I. The monoisotopic (exact) mass is 536 g/mol. The van der Waals surface area contributed by atoms with E-state index in [2.05, 4.69) is 33.2 Å². The Balaban J connectivity index is 1.58. The van der Waals surface area contributed by atoms with Crippen LogP contribution < -0.4 is 10.6 Å². The molecule has 0 aliphatic rings. The lowest BCUT2D eigenvalue weighted by Gasteiger charge is -2.11. The minimum atomic E-state index is -0.342. The number of aryl methyl sites for hydroxylation is 2. The molecule has 0 unspecified atom stereocenters. The van der Waals surface area contributed by atoms with E-state index in [9.17, 15) is 4.79 Å². The molecule has 1 aromatic heterocycles. The Hall–Kier alpha value is -2.16. The summed E-state index contributed by atoms with van der Waals surface area (Å²) in [6, 6.07) is 15.0. The van der Waals surface area contributed by atoms with Gasteiger partial charge in [0, 0.05) is 25.9 Å². The number of benzene rings is 2. The van der Waals surface area contributed by atoms with Crippen LogP contribution in [0.5, 0.6) is 0 Å². The van der Waals surface area contributed by atoms with Crippen molar-refractivity contribution >= 4 is 69.2 Å². The second kappa shape index (κ2) is 9.56. The Morgan fingerprint density at radius 3 is 2.41 bits per heavy atom.